The monoisotopic (exact) mass is 381 g/mol. The zero-order valence-corrected chi connectivity index (χ0v) is 14.7. The summed E-state index contributed by atoms with van der Waals surface area (Å²) in [7, 11) is 1.49. The van der Waals surface area contributed by atoms with Gasteiger partial charge in [-0.15, -0.1) is 0 Å². The maximum Gasteiger partial charge on any atom is 0.335 e. The molecule has 9 heteroatoms. The highest BCUT2D eigenvalue weighted by Crippen LogP contribution is 2.23. The van der Waals surface area contributed by atoms with Gasteiger partial charge in [-0.3, -0.25) is 19.9 Å². The van der Waals surface area contributed by atoms with Crippen LogP contribution in [0.3, 0.4) is 0 Å². The SMILES string of the molecule is COc1ccc(N2C(=O)NC(=O)C(C=Nc3ccc(C(=O)O)cc3)C2=O)cc1. The molecule has 3 rings (SSSR count). The number of benzene rings is 2. The molecule has 28 heavy (non-hydrogen) atoms. The molecule has 1 aliphatic rings. The first-order chi connectivity index (χ1) is 13.4. The normalized spacial score (nSPS) is 17.0. The number of aromatic carboxylic acids is 1. The Bertz CT molecular complexity index is 966. The Morgan fingerprint density at radius 3 is 2.32 bits per heavy atom. The standard InChI is InChI=1S/C19H15N3O6/c1-28-14-8-6-13(7-9-14)22-17(24)15(16(23)21-19(22)27)10-20-12-4-2-11(3-5-12)18(25)26/h2-10,15H,1H3,(H,25,26)(H,21,23,27). The van der Waals surface area contributed by atoms with Gasteiger partial charge in [-0.2, -0.15) is 0 Å². The van der Waals surface area contributed by atoms with Crippen molar-refractivity contribution >= 4 is 41.4 Å². The van der Waals surface area contributed by atoms with Crippen LogP contribution < -0.4 is 15.0 Å². The lowest BCUT2D eigenvalue weighted by Crippen LogP contribution is -2.58. The molecule has 4 amide bonds. The number of aliphatic imine (C=N–C) groups is 1. The number of rotatable bonds is 5. The number of nitrogens with zero attached hydrogens (tertiary/aromatic N) is 2. The summed E-state index contributed by atoms with van der Waals surface area (Å²) in [5.74, 6) is -3.37. The van der Waals surface area contributed by atoms with Crippen LogP contribution in [0.5, 0.6) is 5.75 Å². The van der Waals surface area contributed by atoms with Gasteiger partial charge in [0.2, 0.25) is 5.91 Å². The molecule has 1 atom stereocenters. The molecule has 1 heterocycles. The van der Waals surface area contributed by atoms with Crippen LogP contribution in [0.4, 0.5) is 16.2 Å². The van der Waals surface area contributed by atoms with E-state index in [-0.39, 0.29) is 11.3 Å². The van der Waals surface area contributed by atoms with E-state index in [0.717, 1.165) is 11.1 Å². The van der Waals surface area contributed by atoms with Crippen LogP contribution in [-0.2, 0) is 9.59 Å². The van der Waals surface area contributed by atoms with Crippen LogP contribution in [0, 0.1) is 5.92 Å². The van der Waals surface area contributed by atoms with Gasteiger partial charge in [0, 0.05) is 6.21 Å². The molecule has 1 aliphatic heterocycles. The second-order valence-electron chi connectivity index (χ2n) is 5.77. The minimum atomic E-state index is -1.31. The van der Waals surface area contributed by atoms with Crippen molar-refractivity contribution in [3.8, 4) is 5.75 Å². The summed E-state index contributed by atoms with van der Waals surface area (Å²) >= 11 is 0. The Kier molecular flexibility index (Phi) is 5.16. The largest absolute Gasteiger partial charge is 0.497 e. The van der Waals surface area contributed by atoms with Gasteiger partial charge >= 0.3 is 12.0 Å². The average Bonchev–Trinajstić information content (AvgIpc) is 2.68. The van der Waals surface area contributed by atoms with Gasteiger partial charge in [-0.05, 0) is 48.5 Å². The van der Waals surface area contributed by atoms with Crippen LogP contribution in [0.2, 0.25) is 0 Å². The summed E-state index contributed by atoms with van der Waals surface area (Å²) in [4.78, 5) is 52.7. The quantitative estimate of drug-likeness (QED) is 0.603. The fourth-order valence-corrected chi connectivity index (χ4v) is 2.55. The first kappa shape index (κ1) is 18.8. The summed E-state index contributed by atoms with van der Waals surface area (Å²) < 4.78 is 5.04. The number of carbonyl (C=O) groups excluding carboxylic acids is 3. The molecule has 0 spiro atoms. The highest BCUT2D eigenvalue weighted by atomic mass is 16.5. The predicted molar refractivity (Wildman–Crippen MR) is 99.1 cm³/mol. The Balaban J connectivity index is 1.83. The maximum atomic E-state index is 12.7. The number of ether oxygens (including phenoxy) is 1. The lowest BCUT2D eigenvalue weighted by molar-refractivity contribution is -0.131. The van der Waals surface area contributed by atoms with Crippen molar-refractivity contribution in [2.45, 2.75) is 0 Å². The number of carbonyl (C=O) groups is 4. The third kappa shape index (κ3) is 3.73. The maximum absolute atomic E-state index is 12.7. The second-order valence-corrected chi connectivity index (χ2v) is 5.77. The molecule has 0 saturated carbocycles. The van der Waals surface area contributed by atoms with E-state index in [4.69, 9.17) is 9.84 Å². The summed E-state index contributed by atoms with van der Waals surface area (Å²) in [6, 6.07) is 10.9. The van der Waals surface area contributed by atoms with E-state index >= 15 is 0 Å². The molecule has 2 aromatic carbocycles. The number of hydrogen-bond acceptors (Lipinski definition) is 6. The van der Waals surface area contributed by atoms with Crippen molar-refractivity contribution < 1.29 is 29.0 Å². The Morgan fingerprint density at radius 1 is 1.11 bits per heavy atom. The van der Waals surface area contributed by atoms with Crippen molar-refractivity contribution in [1.82, 2.24) is 5.32 Å². The molecule has 1 fully saturated rings. The molecule has 2 aromatic rings. The predicted octanol–water partition coefficient (Wildman–Crippen LogP) is 1.99. The molecule has 0 aromatic heterocycles. The van der Waals surface area contributed by atoms with Crippen molar-refractivity contribution in [3.05, 3.63) is 54.1 Å². The summed E-state index contributed by atoms with van der Waals surface area (Å²) in [6.07, 6.45) is 1.12. The van der Waals surface area contributed by atoms with Gasteiger partial charge in [-0.1, -0.05) is 0 Å². The summed E-state index contributed by atoms with van der Waals surface area (Å²) in [5.41, 5.74) is 0.722. The molecule has 1 unspecified atom stereocenters. The van der Waals surface area contributed by atoms with Crippen molar-refractivity contribution in [1.29, 1.82) is 0 Å². The number of methoxy groups -OCH3 is 1. The highest BCUT2D eigenvalue weighted by Gasteiger charge is 2.40. The molecule has 2 N–H and O–H groups in total. The van der Waals surface area contributed by atoms with E-state index < -0.39 is 29.7 Å². The van der Waals surface area contributed by atoms with Crippen molar-refractivity contribution in [3.63, 3.8) is 0 Å². The number of amides is 4. The van der Waals surface area contributed by atoms with Crippen molar-refractivity contribution in [2.24, 2.45) is 10.9 Å². The molecule has 0 bridgehead atoms. The molecule has 0 aliphatic carbocycles. The number of nitrogens with one attached hydrogen (secondary N) is 1. The second kappa shape index (κ2) is 7.70. The number of urea groups is 1. The molecule has 9 nitrogen and oxygen atoms in total. The summed E-state index contributed by atoms with van der Waals surface area (Å²) in [6.45, 7) is 0. The van der Waals surface area contributed by atoms with Gasteiger partial charge in [-0.25, -0.2) is 14.5 Å². The van der Waals surface area contributed by atoms with Gasteiger partial charge in [0.1, 0.15) is 5.75 Å². The first-order valence-corrected chi connectivity index (χ1v) is 8.11. The van der Waals surface area contributed by atoms with E-state index in [9.17, 15) is 19.2 Å². The lowest BCUT2D eigenvalue weighted by Gasteiger charge is -2.28. The molecule has 0 radical (unpaired) electrons. The molecule has 1 saturated heterocycles. The lowest BCUT2D eigenvalue weighted by atomic mass is 10.1. The highest BCUT2D eigenvalue weighted by molar-refractivity contribution is 6.32. The van der Waals surface area contributed by atoms with Gasteiger partial charge in [0.05, 0.1) is 24.0 Å². The fourth-order valence-electron chi connectivity index (χ4n) is 2.55. The van der Waals surface area contributed by atoms with Gasteiger partial charge in [0.25, 0.3) is 5.91 Å². The van der Waals surface area contributed by atoms with E-state index in [1.54, 1.807) is 12.1 Å². The summed E-state index contributed by atoms with van der Waals surface area (Å²) in [5, 5.41) is 11.0. The average molecular weight is 381 g/mol. The van der Waals surface area contributed by atoms with Crippen molar-refractivity contribution in [2.75, 3.05) is 12.0 Å². The van der Waals surface area contributed by atoms with E-state index in [1.807, 2.05) is 0 Å². The Labute approximate surface area is 159 Å². The number of barbiturate groups is 1. The number of imide groups is 2. The first-order valence-electron chi connectivity index (χ1n) is 8.11. The fraction of sp³-hybridized carbons (Fsp3) is 0.105. The molecular formula is C19H15N3O6. The van der Waals surface area contributed by atoms with E-state index in [1.165, 1.54) is 43.5 Å². The van der Waals surface area contributed by atoms with Crippen LogP contribution in [0.15, 0.2) is 53.5 Å². The van der Waals surface area contributed by atoms with Crippen LogP contribution in [0.1, 0.15) is 10.4 Å². The molecular weight excluding hydrogens is 366 g/mol. The topological polar surface area (TPSA) is 125 Å². The molecule has 142 valence electrons. The number of anilines is 1. The van der Waals surface area contributed by atoms with E-state index in [0.29, 0.717) is 11.4 Å². The number of carboxylic acid groups (broad SMARTS) is 1. The van der Waals surface area contributed by atoms with Crippen LogP contribution >= 0.6 is 0 Å². The van der Waals surface area contributed by atoms with Crippen LogP contribution in [0.25, 0.3) is 0 Å². The Morgan fingerprint density at radius 2 is 1.75 bits per heavy atom. The smallest absolute Gasteiger partial charge is 0.335 e. The zero-order valence-electron chi connectivity index (χ0n) is 14.7. The van der Waals surface area contributed by atoms with Gasteiger partial charge in [0.15, 0.2) is 5.92 Å². The minimum absolute atomic E-state index is 0.0849. The zero-order chi connectivity index (χ0) is 20.3. The third-order valence-electron chi connectivity index (χ3n) is 4.02. The minimum Gasteiger partial charge on any atom is -0.497 e. The Hall–Kier alpha value is -4.01. The third-order valence-corrected chi connectivity index (χ3v) is 4.02. The number of carboxylic acids is 1. The van der Waals surface area contributed by atoms with Crippen LogP contribution in [-0.4, -0.2) is 42.2 Å². The number of hydrogen-bond donors (Lipinski definition) is 2. The van der Waals surface area contributed by atoms with E-state index in [2.05, 4.69) is 10.3 Å². The van der Waals surface area contributed by atoms with Gasteiger partial charge < -0.3 is 9.84 Å².